The Labute approximate surface area is 180 Å². The van der Waals surface area contributed by atoms with Gasteiger partial charge < -0.3 is 4.42 Å². The lowest BCUT2D eigenvalue weighted by Gasteiger charge is -2.11. The fraction of sp³-hybridized carbons (Fsp3) is 0.200. The highest BCUT2D eigenvalue weighted by Gasteiger charge is 2.21. The van der Waals surface area contributed by atoms with Crippen molar-refractivity contribution in [3.63, 3.8) is 0 Å². The van der Waals surface area contributed by atoms with Crippen molar-refractivity contribution in [2.24, 2.45) is 0 Å². The van der Waals surface area contributed by atoms with E-state index in [9.17, 15) is 13.0 Å². The molecule has 3 aromatic heterocycles. The van der Waals surface area contributed by atoms with Gasteiger partial charge in [-0.2, -0.15) is 0 Å². The highest BCUT2D eigenvalue weighted by molar-refractivity contribution is 7.86. The second-order valence-electron chi connectivity index (χ2n) is 5.83. The zero-order chi connectivity index (χ0) is 22.2. The molecule has 8 nitrogen and oxygen atoms in total. The van der Waals surface area contributed by atoms with Gasteiger partial charge in [0, 0.05) is 6.42 Å². The molecule has 31 heavy (non-hydrogen) atoms. The van der Waals surface area contributed by atoms with Crippen LogP contribution >= 0.6 is 0 Å². The SMILES string of the molecule is CC.O=S(CCc1ncc(F)cn1)Nc1nnc(-c2ccco2)n1-c1ccccc1F. The van der Waals surface area contributed by atoms with Crippen LogP contribution in [0.5, 0.6) is 0 Å². The van der Waals surface area contributed by atoms with Crippen LogP contribution < -0.4 is 4.72 Å². The number of aromatic nitrogens is 5. The van der Waals surface area contributed by atoms with Crippen molar-refractivity contribution in [2.75, 3.05) is 10.5 Å². The third-order valence-corrected chi connectivity index (χ3v) is 4.87. The minimum Gasteiger partial charge on any atom is -0.461 e. The summed E-state index contributed by atoms with van der Waals surface area (Å²) in [5.74, 6) is 0.144. The molecule has 0 spiro atoms. The van der Waals surface area contributed by atoms with Gasteiger partial charge in [0.15, 0.2) is 11.6 Å². The average Bonchev–Trinajstić information content (AvgIpc) is 3.45. The molecule has 0 saturated carbocycles. The fourth-order valence-electron chi connectivity index (χ4n) is 2.58. The molecular weight excluding hydrogens is 426 g/mol. The Morgan fingerprint density at radius 2 is 1.81 bits per heavy atom. The summed E-state index contributed by atoms with van der Waals surface area (Å²) < 4.78 is 49.3. The minimum absolute atomic E-state index is 0.0832. The Morgan fingerprint density at radius 3 is 2.48 bits per heavy atom. The molecule has 0 aliphatic carbocycles. The molecule has 1 aromatic carbocycles. The monoisotopic (exact) mass is 446 g/mol. The van der Waals surface area contributed by atoms with Crippen LogP contribution in [0.25, 0.3) is 17.3 Å². The van der Waals surface area contributed by atoms with Crippen molar-refractivity contribution < 1.29 is 17.4 Å². The second kappa shape index (κ2) is 10.5. The van der Waals surface area contributed by atoms with Gasteiger partial charge in [-0.1, -0.05) is 26.0 Å². The molecule has 0 radical (unpaired) electrons. The molecule has 1 N–H and O–H groups in total. The van der Waals surface area contributed by atoms with Gasteiger partial charge in [-0.25, -0.2) is 23.0 Å². The summed E-state index contributed by atoms with van der Waals surface area (Å²) in [5, 5.41) is 8.04. The van der Waals surface area contributed by atoms with Crippen LogP contribution in [-0.4, -0.2) is 34.7 Å². The molecule has 1 atom stereocenters. The van der Waals surface area contributed by atoms with E-state index in [1.165, 1.54) is 16.9 Å². The molecule has 4 rings (SSSR count). The predicted molar refractivity (Wildman–Crippen MR) is 113 cm³/mol. The first-order chi connectivity index (χ1) is 15.1. The van der Waals surface area contributed by atoms with E-state index in [1.54, 1.807) is 30.3 Å². The topological polar surface area (TPSA) is 98.7 Å². The molecule has 0 fully saturated rings. The highest BCUT2D eigenvalue weighted by Crippen LogP contribution is 2.27. The van der Waals surface area contributed by atoms with Gasteiger partial charge in [0.05, 0.1) is 30.1 Å². The molecule has 0 amide bonds. The number of nitrogens with one attached hydrogen (secondary N) is 1. The Balaban J connectivity index is 0.00000132. The van der Waals surface area contributed by atoms with Crippen LogP contribution in [0.15, 0.2) is 59.5 Å². The van der Waals surface area contributed by atoms with Crippen molar-refractivity contribution in [2.45, 2.75) is 20.3 Å². The van der Waals surface area contributed by atoms with Crippen molar-refractivity contribution in [1.82, 2.24) is 24.7 Å². The van der Waals surface area contributed by atoms with Gasteiger partial charge in [-0.15, -0.1) is 10.2 Å². The van der Waals surface area contributed by atoms with E-state index in [2.05, 4.69) is 24.9 Å². The summed E-state index contributed by atoms with van der Waals surface area (Å²) in [5.41, 5.74) is 0.172. The molecule has 0 bridgehead atoms. The summed E-state index contributed by atoms with van der Waals surface area (Å²) in [6.45, 7) is 4.00. The molecular formula is C20H20F2N6O2S. The van der Waals surface area contributed by atoms with Gasteiger partial charge in [-0.3, -0.25) is 9.29 Å². The van der Waals surface area contributed by atoms with Gasteiger partial charge in [0.25, 0.3) is 0 Å². The lowest BCUT2D eigenvalue weighted by atomic mass is 10.3. The summed E-state index contributed by atoms with van der Waals surface area (Å²) in [6, 6.07) is 9.40. The third-order valence-electron chi connectivity index (χ3n) is 3.89. The van der Waals surface area contributed by atoms with E-state index < -0.39 is 22.6 Å². The van der Waals surface area contributed by atoms with Crippen LogP contribution in [0, 0.1) is 11.6 Å². The smallest absolute Gasteiger partial charge is 0.241 e. The third kappa shape index (κ3) is 5.37. The highest BCUT2D eigenvalue weighted by atomic mass is 32.2. The number of anilines is 1. The van der Waals surface area contributed by atoms with Crippen molar-refractivity contribution in [3.8, 4) is 17.3 Å². The van der Waals surface area contributed by atoms with Crippen molar-refractivity contribution >= 4 is 16.9 Å². The van der Waals surface area contributed by atoms with Crippen molar-refractivity contribution in [1.29, 1.82) is 0 Å². The second-order valence-corrected chi connectivity index (χ2v) is 7.13. The van der Waals surface area contributed by atoms with Gasteiger partial charge in [0.1, 0.15) is 22.6 Å². The number of furan rings is 1. The quantitative estimate of drug-likeness (QED) is 0.462. The Bertz CT molecular complexity index is 1130. The Kier molecular flexibility index (Phi) is 7.55. The first kappa shape index (κ1) is 22.2. The number of benzene rings is 1. The molecule has 0 saturated heterocycles. The molecule has 0 aliphatic heterocycles. The maximum absolute atomic E-state index is 14.4. The summed E-state index contributed by atoms with van der Waals surface area (Å²) in [4.78, 5) is 7.66. The fourth-order valence-corrected chi connectivity index (χ4v) is 3.39. The van der Waals surface area contributed by atoms with E-state index in [1.807, 2.05) is 13.8 Å². The summed E-state index contributed by atoms with van der Waals surface area (Å²) in [6.07, 6.45) is 3.80. The molecule has 3 heterocycles. The zero-order valence-electron chi connectivity index (χ0n) is 16.8. The largest absolute Gasteiger partial charge is 0.461 e. The number of rotatable bonds is 7. The van der Waals surface area contributed by atoms with E-state index >= 15 is 0 Å². The van der Waals surface area contributed by atoms with Crippen LogP contribution in [0.1, 0.15) is 19.7 Å². The Morgan fingerprint density at radius 1 is 1.06 bits per heavy atom. The zero-order valence-corrected chi connectivity index (χ0v) is 17.6. The van der Waals surface area contributed by atoms with Crippen LogP contribution in [0.4, 0.5) is 14.7 Å². The number of halogens is 2. The summed E-state index contributed by atoms with van der Waals surface area (Å²) in [7, 11) is -1.60. The maximum Gasteiger partial charge on any atom is 0.241 e. The van der Waals surface area contributed by atoms with E-state index in [0.717, 1.165) is 12.4 Å². The number of hydrogen-bond donors (Lipinski definition) is 1. The van der Waals surface area contributed by atoms with Crippen LogP contribution in [0.2, 0.25) is 0 Å². The number of hydrogen-bond acceptors (Lipinski definition) is 6. The average molecular weight is 446 g/mol. The maximum atomic E-state index is 14.4. The number of nitrogens with zero attached hydrogens (tertiary/aromatic N) is 5. The molecule has 0 aliphatic rings. The first-order valence-corrected chi connectivity index (χ1v) is 10.8. The van der Waals surface area contributed by atoms with Gasteiger partial charge in [0.2, 0.25) is 11.8 Å². The van der Waals surface area contributed by atoms with E-state index in [0.29, 0.717) is 11.6 Å². The number of aryl methyl sites for hydroxylation is 1. The minimum atomic E-state index is -1.60. The lowest BCUT2D eigenvalue weighted by Crippen LogP contribution is -2.15. The lowest BCUT2D eigenvalue weighted by molar-refractivity contribution is 0.574. The molecule has 1 unspecified atom stereocenters. The van der Waals surface area contributed by atoms with Crippen molar-refractivity contribution in [3.05, 3.63) is 72.5 Å². The molecule has 11 heteroatoms. The number of para-hydroxylation sites is 1. The Hall–Kier alpha value is -3.47. The predicted octanol–water partition coefficient (Wildman–Crippen LogP) is 3.94. The summed E-state index contributed by atoms with van der Waals surface area (Å²) >= 11 is 0. The molecule has 4 aromatic rings. The van der Waals surface area contributed by atoms with Gasteiger partial charge >= 0.3 is 0 Å². The van der Waals surface area contributed by atoms with Gasteiger partial charge in [-0.05, 0) is 24.3 Å². The van der Waals surface area contributed by atoms with Crippen LogP contribution in [-0.2, 0) is 17.4 Å². The first-order valence-electron chi connectivity index (χ1n) is 9.47. The van der Waals surface area contributed by atoms with Crippen LogP contribution in [0.3, 0.4) is 0 Å². The molecule has 162 valence electrons. The van der Waals surface area contributed by atoms with E-state index in [-0.39, 0.29) is 29.6 Å². The van der Waals surface area contributed by atoms with E-state index in [4.69, 9.17) is 4.42 Å². The normalized spacial score (nSPS) is 11.5. The standard InChI is InChI=1S/C18H14F2N6O2S.C2H6/c19-12-10-21-16(22-11-12)7-9-29(27)25-18-24-23-17(15-6-3-8-28-15)26(18)14-5-2-1-4-13(14)20;1-2/h1-6,8,10-11H,7,9H2,(H,24,25);1-2H3.